The van der Waals surface area contributed by atoms with Crippen LogP contribution >= 0.6 is 0 Å². The van der Waals surface area contributed by atoms with Crippen molar-refractivity contribution >= 4 is 55.2 Å². The van der Waals surface area contributed by atoms with Gasteiger partial charge in [0.1, 0.15) is 28.9 Å². The minimum absolute atomic E-state index is 0.0338. The van der Waals surface area contributed by atoms with Crippen LogP contribution in [0.4, 0.5) is 28.4 Å². The van der Waals surface area contributed by atoms with E-state index < -0.39 is 38.5 Å². The smallest absolute Gasteiger partial charge is 0.297 e. The molecule has 0 unspecified atom stereocenters. The first-order valence-corrected chi connectivity index (χ1v) is 27.9. The zero-order valence-electron chi connectivity index (χ0n) is 41.9. The van der Waals surface area contributed by atoms with Gasteiger partial charge in [-0.15, -0.1) is 0 Å². The monoisotopic (exact) mass is 1030 g/mol. The van der Waals surface area contributed by atoms with Gasteiger partial charge in [-0.3, -0.25) is 29.6 Å². The molecule has 13 rings (SSSR count). The molecule has 0 radical (unpaired) electrons. The standard InChI is InChI=1S/C54H64N10O9S/c1-32-6-3-4-7-39(32)41-8-5-15-62(41)36-23-54(24-36)12-16-60(17-13-54)42-10-9-40(51(55)65)49(63-44-20-34-11-14-56-52(34)58-53(44)73-47-31-71-30-45(47)63)50(42)74(68,69)38-21-43(64(66)67)48-46(22-38)72-27-35(57-48)26-59-18-19-61(33(2)25-59)37-28-70-29-37/h3-4,6-7,9-11,14,20-22,33,35-37,41,45,47,57H,5,8,12-13,15-19,23-31H2,1-2H3,(H2,55,65)(H,56,58)/t33-,35-,41+,45-,47+/m1/s1. The van der Waals surface area contributed by atoms with E-state index in [1.807, 2.05) is 17.0 Å². The summed E-state index contributed by atoms with van der Waals surface area (Å²) in [6, 6.07) is 19.0. The highest BCUT2D eigenvalue weighted by Crippen LogP contribution is 2.56. The zero-order chi connectivity index (χ0) is 50.6. The summed E-state index contributed by atoms with van der Waals surface area (Å²) in [5.74, 6) is -0.539. The maximum atomic E-state index is 16.2. The van der Waals surface area contributed by atoms with Crippen LogP contribution in [0.5, 0.6) is 11.6 Å². The molecule has 9 heterocycles. The number of aromatic nitrogens is 2. The highest BCUT2D eigenvalue weighted by molar-refractivity contribution is 7.91. The van der Waals surface area contributed by atoms with Crippen molar-refractivity contribution < 1.29 is 37.1 Å². The molecule has 5 aromatic rings. The van der Waals surface area contributed by atoms with Crippen molar-refractivity contribution in [1.29, 1.82) is 0 Å². The van der Waals surface area contributed by atoms with Crippen molar-refractivity contribution in [2.24, 2.45) is 11.1 Å². The van der Waals surface area contributed by atoms with Crippen molar-refractivity contribution in [1.82, 2.24) is 24.7 Å². The zero-order valence-corrected chi connectivity index (χ0v) is 42.7. The minimum atomic E-state index is -4.78. The number of fused-ring (bicyclic) bond motifs is 4. The Morgan fingerprint density at radius 1 is 0.932 bits per heavy atom. The van der Waals surface area contributed by atoms with Crippen molar-refractivity contribution in [3.8, 4) is 11.6 Å². The van der Waals surface area contributed by atoms with Gasteiger partial charge in [-0.2, -0.15) is 4.98 Å². The fourth-order valence-electron chi connectivity index (χ4n) is 13.8. The summed E-state index contributed by atoms with van der Waals surface area (Å²) in [4.78, 5) is 45.4. The lowest BCUT2D eigenvalue weighted by Gasteiger charge is -2.56. The number of aryl methyl sites for hydroxylation is 1. The van der Waals surface area contributed by atoms with Crippen LogP contribution in [0, 0.1) is 22.5 Å². The molecular formula is C54H64N10O9S. The number of anilines is 4. The number of nitro groups is 1. The Bertz CT molecular complexity index is 3150. The fourth-order valence-corrected chi connectivity index (χ4v) is 15.5. The van der Waals surface area contributed by atoms with E-state index in [0.29, 0.717) is 60.8 Å². The van der Waals surface area contributed by atoms with Crippen molar-refractivity contribution in [3.63, 3.8) is 0 Å². The Labute approximate surface area is 430 Å². The number of nitrogens with zero attached hydrogens (tertiary/aromatic N) is 7. The largest absolute Gasteiger partial charge is 0.489 e. The van der Waals surface area contributed by atoms with E-state index in [-0.39, 0.29) is 69.6 Å². The number of piperidine rings is 1. The van der Waals surface area contributed by atoms with Crippen molar-refractivity contribution in [3.05, 3.63) is 93.7 Å². The van der Waals surface area contributed by atoms with E-state index in [0.717, 1.165) is 82.9 Å². The molecule has 5 saturated heterocycles. The molecule has 6 fully saturated rings. The molecule has 390 valence electrons. The fraction of sp³-hybridized carbons (Fsp3) is 0.519. The van der Waals surface area contributed by atoms with Crippen LogP contribution in [0.1, 0.15) is 73.0 Å². The van der Waals surface area contributed by atoms with Crippen LogP contribution in [0.15, 0.2) is 76.7 Å². The quantitative estimate of drug-likeness (QED) is 0.0996. The molecule has 74 heavy (non-hydrogen) atoms. The van der Waals surface area contributed by atoms with Crippen LogP contribution in [0.3, 0.4) is 0 Å². The summed E-state index contributed by atoms with van der Waals surface area (Å²) >= 11 is 0. The first-order valence-electron chi connectivity index (χ1n) is 26.4. The summed E-state index contributed by atoms with van der Waals surface area (Å²) in [6.07, 6.45) is 7.37. The predicted octanol–water partition coefficient (Wildman–Crippen LogP) is 6.17. The number of pyridine rings is 1. The Balaban J connectivity index is 0.865. The molecule has 1 spiro atoms. The second-order valence-electron chi connectivity index (χ2n) is 22.1. The first-order chi connectivity index (χ1) is 35.8. The second-order valence-corrected chi connectivity index (χ2v) is 24.0. The van der Waals surface area contributed by atoms with Gasteiger partial charge in [0.2, 0.25) is 15.7 Å². The van der Waals surface area contributed by atoms with Gasteiger partial charge in [0.05, 0.1) is 71.3 Å². The number of rotatable bonds is 11. The number of hydrogen-bond acceptors (Lipinski definition) is 16. The molecule has 8 aliphatic rings. The van der Waals surface area contributed by atoms with Crippen molar-refractivity contribution in [2.75, 3.05) is 94.0 Å². The molecule has 7 aliphatic heterocycles. The van der Waals surface area contributed by atoms with E-state index in [2.05, 4.69) is 68.0 Å². The van der Waals surface area contributed by atoms with Crippen LogP contribution in [0.2, 0.25) is 0 Å². The van der Waals surface area contributed by atoms with Gasteiger partial charge >= 0.3 is 0 Å². The van der Waals surface area contributed by atoms with Gasteiger partial charge in [-0.05, 0) is 99.7 Å². The summed E-state index contributed by atoms with van der Waals surface area (Å²) < 4.78 is 56.6. The highest BCUT2D eigenvalue weighted by atomic mass is 32.2. The van der Waals surface area contributed by atoms with E-state index in [1.54, 1.807) is 18.3 Å². The Morgan fingerprint density at radius 2 is 1.74 bits per heavy atom. The molecule has 1 amide bonds. The van der Waals surface area contributed by atoms with Gasteiger partial charge in [0.15, 0.2) is 11.4 Å². The van der Waals surface area contributed by atoms with Crippen LogP contribution in [-0.4, -0.2) is 159 Å². The van der Waals surface area contributed by atoms with Crippen LogP contribution in [0.25, 0.3) is 11.0 Å². The van der Waals surface area contributed by atoms with E-state index in [4.69, 9.17) is 29.7 Å². The predicted molar refractivity (Wildman–Crippen MR) is 278 cm³/mol. The molecule has 4 N–H and O–H groups in total. The molecule has 5 atom stereocenters. The van der Waals surface area contributed by atoms with Crippen LogP contribution in [-0.2, 0) is 19.3 Å². The number of nitro benzene ring substituents is 1. The first kappa shape index (κ1) is 47.7. The van der Waals surface area contributed by atoms with Gasteiger partial charge < -0.3 is 44.8 Å². The van der Waals surface area contributed by atoms with Gasteiger partial charge in [-0.1, -0.05) is 24.3 Å². The number of aromatic amines is 1. The number of carbonyl (C=O) groups is 1. The van der Waals surface area contributed by atoms with Gasteiger partial charge in [0.25, 0.3) is 11.6 Å². The second kappa shape index (κ2) is 18.4. The summed E-state index contributed by atoms with van der Waals surface area (Å²) in [6.45, 7) is 11.8. The molecule has 19 nitrogen and oxygen atoms in total. The SMILES string of the molecule is Cc1ccccc1[C@@H]1CCCN1C1CC2(CCN(c3ccc(C(N)=O)c(N4c5cc6cc[nH]c6nc5O[C@H]5COC[C@H]54)c3S(=O)(=O)c3cc4c(c([N+](=O)[O-])c3)N[C@H](CN3CCN(C5COC5)[C@H](C)C3)CO4)CC2)C1. The lowest BCUT2D eigenvalue weighted by molar-refractivity contribution is -0.384. The topological polar surface area (TPSA) is 214 Å². The highest BCUT2D eigenvalue weighted by Gasteiger charge is 2.52. The number of primary amides is 1. The minimum Gasteiger partial charge on any atom is -0.489 e. The number of likely N-dealkylation sites (tertiary alicyclic amines) is 1. The molecular weight excluding hydrogens is 965 g/mol. The number of carbonyl (C=O) groups excluding carboxylic acids is 1. The number of H-pyrrole nitrogens is 1. The third-order valence-corrected chi connectivity index (χ3v) is 19.5. The normalized spacial score (nSPS) is 26.4. The number of piperazine rings is 1. The summed E-state index contributed by atoms with van der Waals surface area (Å²) in [5.41, 5.74) is 10.3. The Kier molecular flexibility index (Phi) is 11.8. The average Bonchev–Trinajstić information content (AvgIpc) is 4.16. The summed E-state index contributed by atoms with van der Waals surface area (Å²) in [5, 5.41) is 17.3. The maximum Gasteiger partial charge on any atom is 0.297 e. The number of nitrogens with one attached hydrogen (secondary N) is 2. The number of nitrogens with two attached hydrogens (primary N) is 1. The molecule has 20 heteroatoms. The maximum absolute atomic E-state index is 16.2. The van der Waals surface area contributed by atoms with Gasteiger partial charge in [0, 0.05) is 81.1 Å². The number of amides is 1. The van der Waals surface area contributed by atoms with Crippen molar-refractivity contribution in [2.45, 2.75) is 105 Å². The number of benzene rings is 3. The van der Waals surface area contributed by atoms with E-state index in [9.17, 15) is 14.9 Å². The number of hydrogen-bond donors (Lipinski definition) is 3. The average molecular weight is 1030 g/mol. The summed E-state index contributed by atoms with van der Waals surface area (Å²) in [7, 11) is -4.78. The number of sulfone groups is 1. The third-order valence-electron chi connectivity index (χ3n) is 17.7. The number of ether oxygens (including phenoxy) is 4. The van der Waals surface area contributed by atoms with Gasteiger partial charge in [-0.25, -0.2) is 8.42 Å². The van der Waals surface area contributed by atoms with Crippen LogP contribution < -0.4 is 30.3 Å². The molecule has 1 saturated carbocycles. The molecule has 0 bridgehead atoms. The van der Waals surface area contributed by atoms with E-state index >= 15 is 8.42 Å². The lowest BCUT2D eigenvalue weighted by atomic mass is 9.59. The molecule has 3 aromatic carbocycles. The van der Waals surface area contributed by atoms with E-state index in [1.165, 1.54) is 23.6 Å². The Morgan fingerprint density at radius 3 is 2.50 bits per heavy atom. The molecule has 1 aliphatic carbocycles. The molecule has 2 aromatic heterocycles. The Hall–Kier alpha value is -6.03. The third kappa shape index (κ3) is 8.05. The lowest BCUT2D eigenvalue weighted by Crippen LogP contribution is -2.61.